The van der Waals surface area contributed by atoms with Crippen molar-refractivity contribution in [1.82, 2.24) is 19.6 Å². The van der Waals surface area contributed by atoms with Crippen molar-refractivity contribution in [2.45, 2.75) is 80.6 Å². The Labute approximate surface area is 396 Å². The van der Waals surface area contributed by atoms with Crippen LogP contribution in [0.2, 0.25) is 0 Å². The fraction of sp³-hybridized carbons (Fsp3) is 0.304. The minimum atomic E-state index is -1.16. The molecule has 0 aliphatic carbocycles. The number of aliphatic carboxylic acids is 2. The van der Waals surface area contributed by atoms with Gasteiger partial charge in [-0.1, -0.05) is 52.0 Å². The van der Waals surface area contributed by atoms with E-state index in [0.717, 1.165) is 19.6 Å². The molecule has 4 heterocycles. The molecule has 0 radical (unpaired) electrons. The summed E-state index contributed by atoms with van der Waals surface area (Å²) in [6.45, 7) is 13.1. The molecule has 350 valence electrons. The fourth-order valence-electron chi connectivity index (χ4n) is 6.57. The molecule has 8 amide bonds. The van der Waals surface area contributed by atoms with Crippen LogP contribution in [0, 0.1) is 11.8 Å². The monoisotopic (exact) mass is 976 g/mol. The number of carboxylic acids is 4. The summed E-state index contributed by atoms with van der Waals surface area (Å²) in [5.41, 5.74) is 3.18. The summed E-state index contributed by atoms with van der Waals surface area (Å²) < 4.78 is 0. The zero-order valence-corrected chi connectivity index (χ0v) is 40.8. The molecule has 2 atom stereocenters. The van der Waals surface area contributed by atoms with Gasteiger partial charge in [-0.2, -0.15) is 0 Å². The van der Waals surface area contributed by atoms with Gasteiger partial charge in [-0.3, -0.25) is 58.0 Å². The SMILES string of the molecule is CC1=CC(=O)N(C(C(=O)O)C(C)C)C1=O.CC1=CC(=O)N(C(C(=O)O)C(C)C)C1=O.CC1=CC(=O)N(Cc2ccc(C(=O)O)cc2)C1=O.CC1=CC(=O)N(Cc2ccc(C(=O)O)cc2)C1=O.[Zn]. The largest absolute Gasteiger partial charge is 0.480 e. The van der Waals surface area contributed by atoms with Crippen LogP contribution in [0.15, 0.2) is 95.1 Å². The summed E-state index contributed by atoms with van der Waals surface area (Å²) in [7, 11) is 0. The van der Waals surface area contributed by atoms with Crippen molar-refractivity contribution >= 4 is 71.1 Å². The van der Waals surface area contributed by atoms with Crippen molar-refractivity contribution < 1.29 is 97.4 Å². The molecule has 0 spiro atoms. The predicted octanol–water partition coefficient (Wildman–Crippen LogP) is 3.22. The number of carboxylic acid groups (broad SMARTS) is 4. The first-order chi connectivity index (χ1) is 30.7. The number of nitrogens with zero attached hydrogens (tertiary/aromatic N) is 4. The van der Waals surface area contributed by atoms with Crippen molar-refractivity contribution in [3.63, 3.8) is 0 Å². The number of amides is 8. The molecule has 4 N–H and O–H groups in total. The summed E-state index contributed by atoms with van der Waals surface area (Å²) in [5.74, 6) is -8.34. The van der Waals surface area contributed by atoms with Crippen LogP contribution in [-0.4, -0.2) is 123 Å². The van der Waals surface area contributed by atoms with E-state index >= 15 is 0 Å². The minimum Gasteiger partial charge on any atom is -0.480 e. The molecule has 2 aromatic carbocycles. The van der Waals surface area contributed by atoms with E-state index in [1.165, 1.54) is 62.4 Å². The first-order valence-corrected chi connectivity index (χ1v) is 20.0. The molecular formula is C46H48N4O16Zn. The molecule has 0 saturated heterocycles. The van der Waals surface area contributed by atoms with Gasteiger partial charge in [0.2, 0.25) is 0 Å². The van der Waals surface area contributed by atoms with E-state index < -0.39 is 59.6 Å². The Morgan fingerprint density at radius 3 is 0.866 bits per heavy atom. The van der Waals surface area contributed by atoms with E-state index in [4.69, 9.17) is 20.4 Å². The molecule has 0 saturated carbocycles. The zero-order chi connectivity index (χ0) is 50.1. The first-order valence-electron chi connectivity index (χ1n) is 20.0. The van der Waals surface area contributed by atoms with Crippen LogP contribution < -0.4 is 0 Å². The van der Waals surface area contributed by atoms with Crippen molar-refractivity contribution in [2.24, 2.45) is 11.8 Å². The third-order valence-electron chi connectivity index (χ3n) is 10.1. The third-order valence-corrected chi connectivity index (χ3v) is 10.1. The number of aromatic carboxylic acids is 2. The number of benzene rings is 2. The van der Waals surface area contributed by atoms with Crippen molar-refractivity contribution in [2.75, 3.05) is 0 Å². The molecule has 20 nitrogen and oxygen atoms in total. The average Bonchev–Trinajstić information content (AvgIpc) is 3.82. The van der Waals surface area contributed by atoms with Gasteiger partial charge < -0.3 is 20.4 Å². The molecule has 0 bridgehead atoms. The van der Waals surface area contributed by atoms with Gasteiger partial charge in [0.15, 0.2) is 0 Å². The van der Waals surface area contributed by atoms with Crippen LogP contribution >= 0.6 is 0 Å². The Morgan fingerprint density at radius 1 is 0.433 bits per heavy atom. The van der Waals surface area contributed by atoms with Crippen LogP contribution in [0.25, 0.3) is 0 Å². The van der Waals surface area contributed by atoms with Crippen molar-refractivity contribution in [3.05, 3.63) is 117 Å². The molecule has 6 rings (SSSR count). The summed E-state index contributed by atoms with van der Waals surface area (Å²) >= 11 is 0. The van der Waals surface area contributed by atoms with E-state index in [1.807, 2.05) is 0 Å². The van der Waals surface area contributed by atoms with Crippen LogP contribution in [-0.2, 0) is 80.5 Å². The molecule has 2 aromatic rings. The topological polar surface area (TPSA) is 299 Å². The zero-order valence-electron chi connectivity index (χ0n) is 37.8. The van der Waals surface area contributed by atoms with Crippen molar-refractivity contribution in [3.8, 4) is 0 Å². The summed E-state index contributed by atoms with van der Waals surface area (Å²) in [6, 6.07) is 10.0. The summed E-state index contributed by atoms with van der Waals surface area (Å²) in [6.07, 6.45) is 4.93. The smallest absolute Gasteiger partial charge is 0.335 e. The Hall–Kier alpha value is -7.54. The second-order valence-corrected chi connectivity index (χ2v) is 15.9. The second kappa shape index (κ2) is 23.6. The number of hydrogen-bond acceptors (Lipinski definition) is 12. The number of hydrogen-bond donors (Lipinski definition) is 4. The Kier molecular flexibility index (Phi) is 19.6. The molecule has 4 aliphatic heterocycles. The maximum Gasteiger partial charge on any atom is 0.335 e. The van der Waals surface area contributed by atoms with Gasteiger partial charge in [0.1, 0.15) is 12.1 Å². The van der Waals surface area contributed by atoms with Gasteiger partial charge in [0.05, 0.1) is 24.2 Å². The first kappa shape index (κ1) is 55.6. The standard InChI is InChI=1S/2C13H11NO4.2C10H13NO4.Zn/c2*1-8-6-11(15)14(12(8)16)7-9-2-4-10(5-3-9)13(17)18;2*1-5(2)8(10(14)15)11-7(12)4-6(3)9(11)13;/h2*2-6H,7H2,1H3,(H,17,18);2*4-5,8H,1-3H3,(H,14,15);. The molecule has 4 aliphatic rings. The van der Waals surface area contributed by atoms with Gasteiger partial charge in [0, 0.05) is 66.1 Å². The number of carbonyl (C=O) groups excluding carboxylic acids is 8. The third kappa shape index (κ3) is 13.7. The van der Waals surface area contributed by atoms with E-state index in [1.54, 1.807) is 65.8 Å². The number of carbonyl (C=O) groups is 12. The Balaban J connectivity index is 0.000000307. The second-order valence-electron chi connectivity index (χ2n) is 15.9. The molecular weight excluding hydrogens is 930 g/mol. The molecule has 2 unspecified atom stereocenters. The molecule has 0 fully saturated rings. The maximum absolute atomic E-state index is 11.6. The molecule has 67 heavy (non-hydrogen) atoms. The average molecular weight is 978 g/mol. The quantitative estimate of drug-likeness (QED) is 0.175. The summed E-state index contributed by atoms with van der Waals surface area (Å²) in [5, 5.41) is 35.4. The minimum absolute atomic E-state index is 0. The normalized spacial score (nSPS) is 16.3. The fourth-order valence-corrected chi connectivity index (χ4v) is 6.57. The van der Waals surface area contributed by atoms with Crippen LogP contribution in [0.1, 0.15) is 87.2 Å². The van der Waals surface area contributed by atoms with Gasteiger partial charge in [-0.25, -0.2) is 19.2 Å². The Bertz CT molecular complexity index is 2350. The van der Waals surface area contributed by atoms with Crippen LogP contribution in [0.4, 0.5) is 0 Å². The number of rotatable bonds is 12. The Morgan fingerprint density at radius 2 is 0.687 bits per heavy atom. The molecule has 0 aromatic heterocycles. The number of imide groups is 4. The van der Waals surface area contributed by atoms with E-state index in [-0.39, 0.29) is 90.3 Å². The van der Waals surface area contributed by atoms with Crippen molar-refractivity contribution in [1.29, 1.82) is 0 Å². The van der Waals surface area contributed by atoms with Gasteiger partial charge in [-0.15, -0.1) is 0 Å². The van der Waals surface area contributed by atoms with E-state index in [0.29, 0.717) is 22.3 Å². The van der Waals surface area contributed by atoms with Gasteiger partial charge in [-0.05, 0) is 74.9 Å². The molecule has 21 heteroatoms. The predicted molar refractivity (Wildman–Crippen MR) is 229 cm³/mol. The van der Waals surface area contributed by atoms with E-state index in [2.05, 4.69) is 0 Å². The van der Waals surface area contributed by atoms with Crippen LogP contribution in [0.5, 0.6) is 0 Å². The van der Waals surface area contributed by atoms with Gasteiger partial charge in [0.25, 0.3) is 47.3 Å². The maximum atomic E-state index is 11.6. The van der Waals surface area contributed by atoms with E-state index in [9.17, 15) is 57.5 Å². The van der Waals surface area contributed by atoms with Gasteiger partial charge >= 0.3 is 23.9 Å². The summed E-state index contributed by atoms with van der Waals surface area (Å²) in [4.78, 5) is 139. The van der Waals surface area contributed by atoms with Crippen LogP contribution in [0.3, 0.4) is 0 Å².